The number of benzene rings is 1. The Balaban J connectivity index is 2.43. The van der Waals surface area contributed by atoms with Gasteiger partial charge in [-0.3, -0.25) is 4.79 Å². The van der Waals surface area contributed by atoms with Crippen LogP contribution >= 0.6 is 0 Å². The Labute approximate surface area is 155 Å². The summed E-state index contributed by atoms with van der Waals surface area (Å²) in [6.45, 7) is 7.43. The molecule has 2 heteroatoms. The number of aryl methyl sites for hydroxylation is 2. The van der Waals surface area contributed by atoms with Crippen molar-refractivity contribution in [2.45, 2.75) is 84.6 Å². The Kier molecular flexibility index (Phi) is 11.8. The van der Waals surface area contributed by atoms with Gasteiger partial charge in [0.2, 0.25) is 6.41 Å². The van der Waals surface area contributed by atoms with Crippen LogP contribution in [-0.4, -0.2) is 23.9 Å². The van der Waals surface area contributed by atoms with Crippen molar-refractivity contribution < 1.29 is 4.79 Å². The zero-order valence-electron chi connectivity index (χ0n) is 16.5. The lowest BCUT2D eigenvalue weighted by atomic mass is 10.1. The monoisotopic (exact) mass is 343 g/mol. The second-order valence-corrected chi connectivity index (χ2v) is 7.07. The first-order valence-corrected chi connectivity index (χ1v) is 10.1. The molecule has 1 aromatic carbocycles. The molecule has 0 saturated heterocycles. The van der Waals surface area contributed by atoms with Gasteiger partial charge in [-0.15, -0.1) is 0 Å². The predicted molar refractivity (Wildman–Crippen MR) is 109 cm³/mol. The van der Waals surface area contributed by atoms with Gasteiger partial charge in [0.1, 0.15) is 0 Å². The van der Waals surface area contributed by atoms with Crippen molar-refractivity contribution >= 4 is 6.41 Å². The van der Waals surface area contributed by atoms with Crippen LogP contribution in [0.1, 0.15) is 76.3 Å². The molecule has 0 heterocycles. The molecule has 1 rings (SSSR count). The molecule has 0 spiro atoms. The van der Waals surface area contributed by atoms with Crippen molar-refractivity contribution in [1.82, 2.24) is 4.90 Å². The topological polar surface area (TPSA) is 20.3 Å². The Morgan fingerprint density at radius 1 is 1.00 bits per heavy atom. The second kappa shape index (κ2) is 13.7. The standard InChI is InChI=1S/C23H37NO/c1-4-6-7-8-11-19-24(20-25)23(12-5-2)14-10-9-13-22-17-15-21(3)16-18-22/h10,14-18,20,23H,4-9,11-13,19H2,1-3H3/b14-10+. The zero-order chi connectivity index (χ0) is 18.3. The normalized spacial score (nSPS) is 12.4. The first-order chi connectivity index (χ1) is 12.2. The van der Waals surface area contributed by atoms with Gasteiger partial charge in [0, 0.05) is 12.6 Å². The lowest BCUT2D eigenvalue weighted by Crippen LogP contribution is -2.33. The molecule has 0 aliphatic rings. The van der Waals surface area contributed by atoms with Gasteiger partial charge >= 0.3 is 0 Å². The van der Waals surface area contributed by atoms with Crippen molar-refractivity contribution in [1.29, 1.82) is 0 Å². The van der Waals surface area contributed by atoms with Crippen LogP contribution in [0.4, 0.5) is 0 Å². The van der Waals surface area contributed by atoms with Crippen LogP contribution in [0.2, 0.25) is 0 Å². The largest absolute Gasteiger partial charge is 0.339 e. The highest BCUT2D eigenvalue weighted by molar-refractivity contribution is 5.48. The number of carbonyl (C=O) groups is 1. The molecule has 2 nitrogen and oxygen atoms in total. The summed E-state index contributed by atoms with van der Waals surface area (Å²) in [4.78, 5) is 13.5. The van der Waals surface area contributed by atoms with Crippen LogP contribution in [0, 0.1) is 6.92 Å². The van der Waals surface area contributed by atoms with Crippen LogP contribution in [0.15, 0.2) is 36.4 Å². The highest BCUT2D eigenvalue weighted by Crippen LogP contribution is 2.12. The number of hydrogen-bond donors (Lipinski definition) is 0. The number of allylic oxidation sites excluding steroid dienone is 1. The number of amides is 1. The van der Waals surface area contributed by atoms with Crippen LogP contribution in [0.25, 0.3) is 0 Å². The van der Waals surface area contributed by atoms with Gasteiger partial charge in [-0.1, -0.05) is 87.9 Å². The fourth-order valence-corrected chi connectivity index (χ4v) is 3.12. The van der Waals surface area contributed by atoms with Crippen LogP contribution in [-0.2, 0) is 11.2 Å². The van der Waals surface area contributed by atoms with Crippen molar-refractivity contribution in [2.75, 3.05) is 6.54 Å². The highest BCUT2D eigenvalue weighted by Gasteiger charge is 2.12. The van der Waals surface area contributed by atoms with Gasteiger partial charge in [0.05, 0.1) is 0 Å². The third-order valence-corrected chi connectivity index (χ3v) is 4.74. The van der Waals surface area contributed by atoms with Gasteiger partial charge in [0.25, 0.3) is 0 Å². The van der Waals surface area contributed by atoms with E-state index in [0.29, 0.717) is 0 Å². The Morgan fingerprint density at radius 3 is 2.36 bits per heavy atom. The number of hydrogen-bond acceptors (Lipinski definition) is 1. The molecule has 0 aliphatic carbocycles. The molecule has 0 saturated carbocycles. The van der Waals surface area contributed by atoms with Crippen molar-refractivity contribution in [3.05, 3.63) is 47.5 Å². The van der Waals surface area contributed by atoms with Crippen molar-refractivity contribution in [3.8, 4) is 0 Å². The molecule has 1 unspecified atom stereocenters. The molecule has 0 aromatic heterocycles. The smallest absolute Gasteiger partial charge is 0.210 e. The summed E-state index contributed by atoms with van der Waals surface area (Å²) in [5, 5.41) is 0. The van der Waals surface area contributed by atoms with E-state index in [1.807, 2.05) is 4.90 Å². The highest BCUT2D eigenvalue weighted by atomic mass is 16.1. The third-order valence-electron chi connectivity index (χ3n) is 4.74. The number of carbonyl (C=O) groups excluding carboxylic acids is 1. The molecule has 0 fully saturated rings. The molecule has 1 aromatic rings. The quantitative estimate of drug-likeness (QED) is 0.228. The maximum Gasteiger partial charge on any atom is 0.210 e. The average molecular weight is 344 g/mol. The maximum absolute atomic E-state index is 11.5. The molecule has 0 radical (unpaired) electrons. The summed E-state index contributed by atoms with van der Waals surface area (Å²) in [6.07, 6.45) is 16.0. The summed E-state index contributed by atoms with van der Waals surface area (Å²) >= 11 is 0. The average Bonchev–Trinajstić information content (AvgIpc) is 2.62. The Morgan fingerprint density at radius 2 is 1.72 bits per heavy atom. The summed E-state index contributed by atoms with van der Waals surface area (Å²) in [6, 6.07) is 9.02. The van der Waals surface area contributed by atoms with E-state index in [0.717, 1.165) is 45.1 Å². The van der Waals surface area contributed by atoms with Crippen molar-refractivity contribution in [3.63, 3.8) is 0 Å². The van der Waals surface area contributed by atoms with E-state index in [1.165, 1.54) is 36.8 Å². The molecule has 140 valence electrons. The Bertz CT molecular complexity index is 477. The fourth-order valence-electron chi connectivity index (χ4n) is 3.12. The SMILES string of the molecule is CCCCCCCN(C=O)C(/C=C/CCc1ccc(C)cc1)CCC. The molecule has 1 atom stereocenters. The minimum Gasteiger partial charge on any atom is -0.339 e. The number of nitrogens with zero attached hydrogens (tertiary/aromatic N) is 1. The minimum absolute atomic E-state index is 0.256. The lowest BCUT2D eigenvalue weighted by Gasteiger charge is -2.26. The minimum atomic E-state index is 0.256. The van der Waals surface area contributed by atoms with E-state index < -0.39 is 0 Å². The maximum atomic E-state index is 11.5. The van der Waals surface area contributed by atoms with E-state index in [1.54, 1.807) is 0 Å². The number of rotatable bonds is 14. The first-order valence-electron chi connectivity index (χ1n) is 10.1. The van der Waals surface area contributed by atoms with Crippen LogP contribution in [0.5, 0.6) is 0 Å². The van der Waals surface area contributed by atoms with Crippen LogP contribution < -0.4 is 0 Å². The molecule has 25 heavy (non-hydrogen) atoms. The molecule has 0 aliphatic heterocycles. The number of unbranched alkanes of at least 4 members (excludes halogenated alkanes) is 4. The lowest BCUT2D eigenvalue weighted by molar-refractivity contribution is -0.119. The first kappa shape index (κ1) is 21.5. The summed E-state index contributed by atoms with van der Waals surface area (Å²) in [7, 11) is 0. The van der Waals surface area contributed by atoms with Gasteiger partial charge in [-0.2, -0.15) is 0 Å². The fraction of sp³-hybridized carbons (Fsp3) is 0.609. The summed E-state index contributed by atoms with van der Waals surface area (Å²) < 4.78 is 0. The van der Waals surface area contributed by atoms with E-state index >= 15 is 0 Å². The van der Waals surface area contributed by atoms with Gasteiger partial charge < -0.3 is 4.90 Å². The van der Waals surface area contributed by atoms with Crippen LogP contribution in [0.3, 0.4) is 0 Å². The predicted octanol–water partition coefficient (Wildman–Crippen LogP) is 6.08. The molecular weight excluding hydrogens is 306 g/mol. The third kappa shape index (κ3) is 9.48. The van der Waals surface area contributed by atoms with E-state index in [4.69, 9.17) is 0 Å². The molecular formula is C23H37NO. The van der Waals surface area contributed by atoms with E-state index in [9.17, 15) is 4.79 Å². The summed E-state index contributed by atoms with van der Waals surface area (Å²) in [5.41, 5.74) is 2.69. The van der Waals surface area contributed by atoms with E-state index in [-0.39, 0.29) is 6.04 Å². The van der Waals surface area contributed by atoms with Gasteiger partial charge in [0.15, 0.2) is 0 Å². The molecule has 0 N–H and O–H groups in total. The zero-order valence-corrected chi connectivity index (χ0v) is 16.5. The second-order valence-electron chi connectivity index (χ2n) is 7.07. The Hall–Kier alpha value is -1.57. The molecule has 1 amide bonds. The van der Waals surface area contributed by atoms with Gasteiger partial charge in [-0.25, -0.2) is 0 Å². The van der Waals surface area contributed by atoms with Crippen molar-refractivity contribution in [2.24, 2.45) is 0 Å². The molecule has 0 bridgehead atoms. The van der Waals surface area contributed by atoms with Gasteiger partial charge in [-0.05, 0) is 38.2 Å². The van der Waals surface area contributed by atoms with E-state index in [2.05, 4.69) is 57.2 Å². The summed E-state index contributed by atoms with van der Waals surface area (Å²) in [5.74, 6) is 0.